The molecule has 0 aliphatic heterocycles. The molecule has 1 aliphatic rings. The van der Waals surface area contributed by atoms with Crippen LogP contribution < -0.4 is 4.90 Å². The molecule has 0 radical (unpaired) electrons. The lowest BCUT2D eigenvalue weighted by Crippen LogP contribution is -2.12. The van der Waals surface area contributed by atoms with Gasteiger partial charge in [-0.2, -0.15) is 5.26 Å². The second-order valence-corrected chi connectivity index (χ2v) is 11.7. The van der Waals surface area contributed by atoms with Gasteiger partial charge >= 0.3 is 5.97 Å². The number of hydrogen-bond acceptors (Lipinski definition) is 4. The summed E-state index contributed by atoms with van der Waals surface area (Å²) in [4.78, 5) is 15.4. The van der Waals surface area contributed by atoms with Crippen molar-refractivity contribution in [2.45, 2.75) is 12.8 Å². The highest BCUT2D eigenvalue weighted by atomic mass is 32.1. The summed E-state index contributed by atoms with van der Waals surface area (Å²) in [6.07, 6.45) is 3.31. The van der Waals surface area contributed by atoms with E-state index in [2.05, 4.69) is 114 Å². The molecule has 0 saturated heterocycles. The number of nitrogens with zero attached hydrogens (tertiary/aromatic N) is 2. The lowest BCUT2D eigenvalue weighted by molar-refractivity contribution is -0.132. The zero-order valence-corrected chi connectivity index (χ0v) is 24.0. The van der Waals surface area contributed by atoms with Gasteiger partial charge in [0.2, 0.25) is 0 Å². The first-order valence-electron chi connectivity index (χ1n) is 14.1. The molecule has 0 fully saturated rings. The van der Waals surface area contributed by atoms with Gasteiger partial charge in [-0.15, -0.1) is 11.3 Å². The first-order chi connectivity index (χ1) is 21.1. The minimum atomic E-state index is -1.21. The predicted octanol–water partition coefficient (Wildman–Crippen LogP) is 9.80. The lowest BCUT2D eigenvalue weighted by atomic mass is 9.84. The Hall–Kier alpha value is -5.44. The number of anilines is 3. The number of benzene rings is 5. The minimum Gasteiger partial charge on any atom is -0.477 e. The molecule has 0 spiro atoms. The molecule has 0 saturated carbocycles. The number of rotatable bonds is 6. The Morgan fingerprint density at radius 3 is 2.28 bits per heavy atom. The third-order valence-corrected chi connectivity index (χ3v) is 9.06. The number of hydrogen-bond donors (Lipinski definition) is 1. The molecule has 4 nitrogen and oxygen atoms in total. The monoisotopic (exact) mass is 574 g/mol. The standard InChI is InChI=1S/C38H26N2O2S/c39-24-29(38(41)42)23-32-17-20-37(43-32)28-15-18-33-26(21-28)13-14-27-22-31(16-19-34(27)33)40(30-9-2-1-3-10-30)36-12-6-8-25-7-4-5-11-35(25)36/h1-12,15-23H,13-14H2,(H,41,42). The van der Waals surface area contributed by atoms with Gasteiger partial charge in [-0.1, -0.05) is 72.8 Å². The zero-order valence-electron chi connectivity index (χ0n) is 23.2. The Labute approximate surface area is 254 Å². The SMILES string of the molecule is N#CC(=Cc1ccc(-c2ccc3c(c2)CCc2cc(N(c4ccccc4)c4cccc5ccccc45)ccc2-3)s1)C(=O)O. The summed E-state index contributed by atoms with van der Waals surface area (Å²) in [7, 11) is 0. The smallest absolute Gasteiger partial charge is 0.346 e. The zero-order chi connectivity index (χ0) is 29.3. The number of nitriles is 1. The fraction of sp³-hybridized carbons (Fsp3) is 0.0526. The maximum absolute atomic E-state index is 11.2. The Balaban J connectivity index is 1.25. The normalized spacial score (nSPS) is 12.3. The summed E-state index contributed by atoms with van der Waals surface area (Å²) in [5.41, 5.74) is 9.40. The van der Waals surface area contributed by atoms with E-state index in [0.29, 0.717) is 0 Å². The van der Waals surface area contributed by atoms with Gasteiger partial charge in [0.15, 0.2) is 0 Å². The van der Waals surface area contributed by atoms with Crippen LogP contribution in [0.5, 0.6) is 0 Å². The van der Waals surface area contributed by atoms with Crippen molar-refractivity contribution in [3.8, 4) is 27.6 Å². The van der Waals surface area contributed by atoms with Crippen molar-refractivity contribution in [1.82, 2.24) is 0 Å². The second kappa shape index (κ2) is 11.1. The van der Waals surface area contributed by atoms with Crippen molar-refractivity contribution in [3.63, 3.8) is 0 Å². The van der Waals surface area contributed by atoms with E-state index in [1.165, 1.54) is 50.4 Å². The Morgan fingerprint density at radius 2 is 1.49 bits per heavy atom. The number of para-hydroxylation sites is 1. The number of aliphatic carboxylic acids is 1. The van der Waals surface area contributed by atoms with Crippen LogP contribution in [0.3, 0.4) is 0 Å². The molecule has 1 aromatic heterocycles. The van der Waals surface area contributed by atoms with Gasteiger partial charge < -0.3 is 10.0 Å². The third kappa shape index (κ3) is 4.99. The van der Waals surface area contributed by atoms with Gasteiger partial charge in [-0.05, 0) is 101 Å². The van der Waals surface area contributed by atoms with Crippen molar-refractivity contribution >= 4 is 51.2 Å². The average molecular weight is 575 g/mol. The first-order valence-corrected chi connectivity index (χ1v) is 15.0. The molecule has 206 valence electrons. The van der Waals surface area contributed by atoms with Crippen molar-refractivity contribution < 1.29 is 9.90 Å². The van der Waals surface area contributed by atoms with Gasteiger partial charge in [0.05, 0.1) is 5.69 Å². The number of aryl methyl sites for hydroxylation is 2. The highest BCUT2D eigenvalue weighted by Gasteiger charge is 2.21. The maximum Gasteiger partial charge on any atom is 0.346 e. The summed E-state index contributed by atoms with van der Waals surface area (Å²) in [5.74, 6) is -1.21. The van der Waals surface area contributed by atoms with Crippen molar-refractivity contribution in [2.75, 3.05) is 4.90 Å². The van der Waals surface area contributed by atoms with Gasteiger partial charge in [0.25, 0.3) is 0 Å². The van der Waals surface area contributed by atoms with E-state index in [-0.39, 0.29) is 5.57 Å². The molecular weight excluding hydrogens is 548 g/mol. The van der Waals surface area contributed by atoms with Gasteiger partial charge in [-0.3, -0.25) is 0 Å². The molecule has 0 bridgehead atoms. The molecule has 7 rings (SSSR count). The van der Waals surface area contributed by atoms with Crippen LogP contribution in [0.4, 0.5) is 17.1 Å². The summed E-state index contributed by atoms with van der Waals surface area (Å²) < 4.78 is 0. The summed E-state index contributed by atoms with van der Waals surface area (Å²) >= 11 is 1.49. The average Bonchev–Trinajstić information content (AvgIpc) is 3.52. The van der Waals surface area contributed by atoms with E-state index in [0.717, 1.165) is 45.2 Å². The highest BCUT2D eigenvalue weighted by molar-refractivity contribution is 7.16. The third-order valence-electron chi connectivity index (χ3n) is 7.98. The van der Waals surface area contributed by atoms with Crippen molar-refractivity contribution in [3.05, 3.63) is 143 Å². The first kappa shape index (κ1) is 26.5. The predicted molar refractivity (Wildman–Crippen MR) is 176 cm³/mol. The molecule has 43 heavy (non-hydrogen) atoms. The largest absolute Gasteiger partial charge is 0.477 e. The summed E-state index contributed by atoms with van der Waals surface area (Å²) in [6, 6.07) is 44.6. The summed E-state index contributed by atoms with van der Waals surface area (Å²) in [6.45, 7) is 0. The Morgan fingerprint density at radius 1 is 0.767 bits per heavy atom. The molecule has 0 unspecified atom stereocenters. The van der Waals surface area contributed by atoms with Gasteiger partial charge in [-0.25, -0.2) is 4.79 Å². The minimum absolute atomic E-state index is 0.263. The van der Waals surface area contributed by atoms with Crippen LogP contribution in [-0.4, -0.2) is 11.1 Å². The molecule has 1 aliphatic carbocycles. The van der Waals surface area contributed by atoms with Crippen LogP contribution >= 0.6 is 11.3 Å². The van der Waals surface area contributed by atoms with E-state index in [1.54, 1.807) is 6.07 Å². The number of carbonyl (C=O) groups is 1. The molecule has 1 N–H and O–H groups in total. The number of fused-ring (bicyclic) bond motifs is 4. The lowest BCUT2D eigenvalue weighted by Gasteiger charge is -2.29. The van der Waals surface area contributed by atoms with Gasteiger partial charge in [0.1, 0.15) is 11.6 Å². The van der Waals surface area contributed by atoms with E-state index in [4.69, 9.17) is 5.26 Å². The van der Waals surface area contributed by atoms with E-state index < -0.39 is 5.97 Å². The quantitative estimate of drug-likeness (QED) is 0.159. The molecule has 0 amide bonds. The molecule has 0 atom stereocenters. The van der Waals surface area contributed by atoms with Crippen molar-refractivity contribution in [2.24, 2.45) is 0 Å². The topological polar surface area (TPSA) is 64.3 Å². The number of carboxylic acids is 1. The fourth-order valence-corrected chi connectivity index (χ4v) is 6.90. The molecule has 5 aromatic carbocycles. The molecule has 5 heteroatoms. The van der Waals surface area contributed by atoms with E-state index >= 15 is 0 Å². The Bertz CT molecular complexity index is 2080. The van der Waals surface area contributed by atoms with Crippen LogP contribution in [0.15, 0.2) is 127 Å². The molecule has 1 heterocycles. The van der Waals surface area contributed by atoms with Crippen LogP contribution in [0.2, 0.25) is 0 Å². The number of thiophene rings is 1. The fourth-order valence-electron chi connectivity index (χ4n) is 5.95. The van der Waals surface area contributed by atoms with Crippen LogP contribution in [0, 0.1) is 11.3 Å². The van der Waals surface area contributed by atoms with Gasteiger partial charge in [0, 0.05) is 26.5 Å². The Kier molecular flexibility index (Phi) is 6.82. The van der Waals surface area contributed by atoms with Crippen LogP contribution in [0.1, 0.15) is 16.0 Å². The summed E-state index contributed by atoms with van der Waals surface area (Å²) in [5, 5.41) is 20.7. The van der Waals surface area contributed by atoms with Crippen LogP contribution in [0.25, 0.3) is 38.4 Å². The number of carboxylic acid groups (broad SMARTS) is 1. The van der Waals surface area contributed by atoms with E-state index in [1.807, 2.05) is 12.1 Å². The maximum atomic E-state index is 11.2. The van der Waals surface area contributed by atoms with Crippen molar-refractivity contribution in [1.29, 1.82) is 5.26 Å². The molecular formula is C38H26N2O2S. The van der Waals surface area contributed by atoms with E-state index in [9.17, 15) is 9.90 Å². The highest BCUT2D eigenvalue weighted by Crippen LogP contribution is 2.43. The van der Waals surface area contributed by atoms with Crippen LogP contribution in [-0.2, 0) is 17.6 Å². The molecule has 6 aromatic rings. The second-order valence-electron chi connectivity index (χ2n) is 10.6.